The van der Waals surface area contributed by atoms with E-state index in [2.05, 4.69) is 9.97 Å². The molecule has 0 N–H and O–H groups in total. The monoisotopic (exact) mass is 220 g/mol. The quantitative estimate of drug-likeness (QED) is 0.728. The standard InChI is InChI=1S/C11H11ClN3/c1-8(10-6-15(2)7-14-10)9-3-4-11(12)13-5-9/h3-7H,1-2H3. The molecule has 2 rings (SSSR count). The highest BCUT2D eigenvalue weighted by Crippen LogP contribution is 2.21. The van der Waals surface area contributed by atoms with Crippen LogP contribution in [0.1, 0.15) is 18.2 Å². The third-order valence-electron chi connectivity index (χ3n) is 2.25. The van der Waals surface area contributed by atoms with Gasteiger partial charge in [0.2, 0.25) is 0 Å². The van der Waals surface area contributed by atoms with Crippen LogP contribution >= 0.6 is 11.6 Å². The minimum absolute atomic E-state index is 0.507. The van der Waals surface area contributed by atoms with Crippen LogP contribution in [0.15, 0.2) is 30.9 Å². The van der Waals surface area contributed by atoms with Gasteiger partial charge in [0.1, 0.15) is 5.15 Å². The average molecular weight is 221 g/mol. The smallest absolute Gasteiger partial charge is 0.129 e. The van der Waals surface area contributed by atoms with E-state index in [9.17, 15) is 0 Å². The first kappa shape index (κ1) is 10.2. The second kappa shape index (κ2) is 4.03. The topological polar surface area (TPSA) is 30.7 Å². The maximum Gasteiger partial charge on any atom is 0.129 e. The molecule has 1 radical (unpaired) electrons. The van der Waals surface area contributed by atoms with Crippen LogP contribution in [0, 0.1) is 5.92 Å². The lowest BCUT2D eigenvalue weighted by Gasteiger charge is -2.06. The predicted octanol–water partition coefficient (Wildman–Crippen LogP) is 2.46. The summed E-state index contributed by atoms with van der Waals surface area (Å²) in [4.78, 5) is 8.32. The van der Waals surface area contributed by atoms with Crippen molar-refractivity contribution >= 4 is 11.6 Å². The van der Waals surface area contributed by atoms with E-state index in [0.717, 1.165) is 17.2 Å². The summed E-state index contributed by atoms with van der Waals surface area (Å²) < 4.78 is 1.92. The zero-order chi connectivity index (χ0) is 10.8. The Labute approximate surface area is 93.7 Å². The van der Waals surface area contributed by atoms with E-state index >= 15 is 0 Å². The summed E-state index contributed by atoms with van der Waals surface area (Å²) in [5.41, 5.74) is 2.00. The van der Waals surface area contributed by atoms with Gasteiger partial charge in [-0.25, -0.2) is 9.97 Å². The molecule has 2 aromatic heterocycles. The average Bonchev–Trinajstić information content (AvgIpc) is 2.65. The number of imidazole rings is 1. The molecule has 0 bridgehead atoms. The summed E-state index contributed by atoms with van der Waals surface area (Å²) in [6.45, 7) is 2.02. The van der Waals surface area contributed by atoms with Gasteiger partial charge in [-0.15, -0.1) is 0 Å². The third kappa shape index (κ3) is 2.18. The normalized spacial score (nSPS) is 10.9. The number of aryl methyl sites for hydroxylation is 1. The van der Waals surface area contributed by atoms with Crippen LogP contribution in [-0.4, -0.2) is 14.5 Å². The van der Waals surface area contributed by atoms with Gasteiger partial charge in [0.15, 0.2) is 0 Å². The Morgan fingerprint density at radius 1 is 1.33 bits per heavy atom. The van der Waals surface area contributed by atoms with Crippen LogP contribution in [0.5, 0.6) is 0 Å². The Bertz CT molecular complexity index is 447. The van der Waals surface area contributed by atoms with Gasteiger partial charge in [0.25, 0.3) is 0 Å². The molecule has 3 nitrogen and oxygen atoms in total. The van der Waals surface area contributed by atoms with Crippen molar-refractivity contribution in [1.29, 1.82) is 0 Å². The molecule has 0 atom stereocenters. The van der Waals surface area contributed by atoms with Crippen molar-refractivity contribution in [3.8, 4) is 0 Å². The van der Waals surface area contributed by atoms with Crippen molar-refractivity contribution in [3.05, 3.63) is 53.2 Å². The molecule has 0 aromatic carbocycles. The Balaban J connectivity index is 2.28. The zero-order valence-electron chi connectivity index (χ0n) is 8.61. The van der Waals surface area contributed by atoms with Gasteiger partial charge in [-0.3, -0.25) is 0 Å². The Morgan fingerprint density at radius 2 is 2.13 bits per heavy atom. The molecule has 4 heteroatoms. The van der Waals surface area contributed by atoms with E-state index in [0.29, 0.717) is 5.15 Å². The minimum Gasteiger partial charge on any atom is -0.340 e. The molecule has 15 heavy (non-hydrogen) atoms. The number of aromatic nitrogens is 3. The maximum absolute atomic E-state index is 5.73. The Morgan fingerprint density at radius 3 is 2.67 bits per heavy atom. The van der Waals surface area contributed by atoms with Gasteiger partial charge in [0, 0.05) is 19.4 Å². The lowest BCUT2D eigenvalue weighted by atomic mass is 10.0. The predicted molar refractivity (Wildman–Crippen MR) is 59.6 cm³/mol. The minimum atomic E-state index is 0.507. The number of hydrogen-bond donors (Lipinski definition) is 0. The largest absolute Gasteiger partial charge is 0.340 e. The molecule has 0 fully saturated rings. The summed E-state index contributed by atoms with van der Waals surface area (Å²) >= 11 is 5.73. The van der Waals surface area contributed by atoms with Crippen molar-refractivity contribution in [2.45, 2.75) is 6.92 Å². The second-order valence-corrected chi connectivity index (χ2v) is 3.81. The number of hydrogen-bond acceptors (Lipinski definition) is 2. The first-order chi connectivity index (χ1) is 7.16. The maximum atomic E-state index is 5.73. The van der Waals surface area contributed by atoms with Crippen molar-refractivity contribution in [1.82, 2.24) is 14.5 Å². The van der Waals surface area contributed by atoms with E-state index in [1.54, 1.807) is 18.6 Å². The van der Waals surface area contributed by atoms with Crippen molar-refractivity contribution in [3.63, 3.8) is 0 Å². The SMILES string of the molecule is C[C](c1ccc(Cl)nc1)c1cn(C)cn1. The fourth-order valence-electron chi connectivity index (χ4n) is 1.35. The molecule has 0 aliphatic heterocycles. The zero-order valence-corrected chi connectivity index (χ0v) is 9.36. The molecule has 2 heterocycles. The number of rotatable bonds is 2. The van der Waals surface area contributed by atoms with Gasteiger partial charge in [-0.2, -0.15) is 0 Å². The van der Waals surface area contributed by atoms with E-state index in [4.69, 9.17) is 11.6 Å². The van der Waals surface area contributed by atoms with Crippen LogP contribution in [0.25, 0.3) is 0 Å². The van der Waals surface area contributed by atoms with Crippen molar-refractivity contribution < 1.29 is 0 Å². The molecule has 77 valence electrons. The van der Waals surface area contributed by atoms with E-state index in [-0.39, 0.29) is 0 Å². The van der Waals surface area contributed by atoms with Crippen LogP contribution in [0.4, 0.5) is 0 Å². The number of halogens is 1. The highest BCUT2D eigenvalue weighted by atomic mass is 35.5. The van der Waals surface area contributed by atoms with Crippen molar-refractivity contribution in [2.24, 2.45) is 7.05 Å². The van der Waals surface area contributed by atoms with Gasteiger partial charge in [-0.05, 0) is 18.6 Å². The second-order valence-electron chi connectivity index (χ2n) is 3.42. The highest BCUT2D eigenvalue weighted by Gasteiger charge is 2.11. The molecular formula is C11H11ClN3. The number of nitrogens with zero attached hydrogens (tertiary/aromatic N) is 3. The van der Waals surface area contributed by atoms with Crippen LogP contribution in [0.3, 0.4) is 0 Å². The molecule has 0 amide bonds. The van der Waals surface area contributed by atoms with Gasteiger partial charge in [-0.1, -0.05) is 17.7 Å². The van der Waals surface area contributed by atoms with Crippen LogP contribution in [-0.2, 0) is 7.05 Å². The van der Waals surface area contributed by atoms with Gasteiger partial charge in [0.05, 0.1) is 17.9 Å². The molecule has 0 saturated heterocycles. The molecular weight excluding hydrogens is 210 g/mol. The van der Waals surface area contributed by atoms with E-state index in [1.807, 2.05) is 30.8 Å². The number of pyridine rings is 1. The molecule has 0 spiro atoms. The lowest BCUT2D eigenvalue weighted by molar-refractivity contribution is 0.912. The van der Waals surface area contributed by atoms with Crippen molar-refractivity contribution in [2.75, 3.05) is 0 Å². The molecule has 0 aliphatic carbocycles. The highest BCUT2D eigenvalue weighted by molar-refractivity contribution is 6.29. The Kier molecular flexibility index (Phi) is 2.73. The fourth-order valence-corrected chi connectivity index (χ4v) is 1.46. The van der Waals surface area contributed by atoms with E-state index in [1.165, 1.54) is 0 Å². The van der Waals surface area contributed by atoms with Gasteiger partial charge >= 0.3 is 0 Å². The molecule has 0 aliphatic rings. The summed E-state index contributed by atoms with van der Waals surface area (Å²) in [5.74, 6) is 1.10. The third-order valence-corrected chi connectivity index (χ3v) is 2.47. The summed E-state index contributed by atoms with van der Waals surface area (Å²) in [7, 11) is 1.95. The molecule has 2 aromatic rings. The first-order valence-corrected chi connectivity index (χ1v) is 4.98. The summed E-state index contributed by atoms with van der Waals surface area (Å²) in [6.07, 6.45) is 5.51. The summed E-state index contributed by atoms with van der Waals surface area (Å²) in [5, 5.41) is 0.507. The molecule has 0 unspecified atom stereocenters. The Hall–Kier alpha value is -1.35. The fraction of sp³-hybridized carbons (Fsp3) is 0.182. The van der Waals surface area contributed by atoms with Crippen LogP contribution in [0.2, 0.25) is 5.15 Å². The summed E-state index contributed by atoms with van der Waals surface area (Å²) in [6, 6.07) is 3.72. The first-order valence-electron chi connectivity index (χ1n) is 4.60. The molecule has 0 saturated carbocycles. The van der Waals surface area contributed by atoms with E-state index < -0.39 is 0 Å². The van der Waals surface area contributed by atoms with Gasteiger partial charge < -0.3 is 4.57 Å². The lowest BCUT2D eigenvalue weighted by Crippen LogP contribution is -1.98. The van der Waals surface area contributed by atoms with Crippen LogP contribution < -0.4 is 0 Å².